The number of aromatic nitrogens is 1. The molecule has 0 saturated heterocycles. The SMILES string of the molecule is c1ccc(-c2ccccc2-c2c(-c3ccccc3)cccc2N(c2ccc(-c3ccccc3-n3c4ccccc4c4ccccc43)cc2)c2ccc(-c3cc4ccccc4c4ccccc34)cc2)cc1. The second-order valence-corrected chi connectivity index (χ2v) is 18.0. The van der Waals surface area contributed by atoms with E-state index in [1.54, 1.807) is 0 Å². The molecule has 0 aliphatic carbocycles. The van der Waals surface area contributed by atoms with E-state index in [1.807, 2.05) is 0 Å². The summed E-state index contributed by atoms with van der Waals surface area (Å²) in [6.45, 7) is 0. The maximum absolute atomic E-state index is 2.45. The smallest absolute Gasteiger partial charge is 0.0546 e. The molecule has 0 atom stereocenters. The molecule has 0 fully saturated rings. The van der Waals surface area contributed by atoms with Gasteiger partial charge >= 0.3 is 0 Å². The average molecular weight is 891 g/mol. The minimum Gasteiger partial charge on any atom is -0.310 e. The maximum atomic E-state index is 2.45. The largest absolute Gasteiger partial charge is 0.310 e. The van der Waals surface area contributed by atoms with Crippen LogP contribution < -0.4 is 4.90 Å². The molecule has 0 saturated carbocycles. The van der Waals surface area contributed by atoms with Crippen LogP contribution in [0.2, 0.25) is 0 Å². The van der Waals surface area contributed by atoms with Crippen molar-refractivity contribution >= 4 is 60.4 Å². The van der Waals surface area contributed by atoms with Crippen LogP contribution in [0.4, 0.5) is 17.1 Å². The highest BCUT2D eigenvalue weighted by Crippen LogP contribution is 2.49. The van der Waals surface area contributed by atoms with Crippen molar-refractivity contribution in [2.24, 2.45) is 0 Å². The molecule has 0 N–H and O–H groups in total. The van der Waals surface area contributed by atoms with Gasteiger partial charge in [-0.05, 0) is 121 Å². The van der Waals surface area contributed by atoms with Crippen molar-refractivity contribution in [3.05, 3.63) is 279 Å². The number of para-hydroxylation sites is 3. The Morgan fingerprint density at radius 2 is 0.700 bits per heavy atom. The molecule has 0 aliphatic heterocycles. The van der Waals surface area contributed by atoms with Crippen molar-refractivity contribution in [3.63, 3.8) is 0 Å². The van der Waals surface area contributed by atoms with Gasteiger partial charge in [-0.1, -0.05) is 224 Å². The van der Waals surface area contributed by atoms with Crippen molar-refractivity contribution in [2.45, 2.75) is 0 Å². The first-order valence-corrected chi connectivity index (χ1v) is 24.1. The van der Waals surface area contributed by atoms with Gasteiger partial charge in [-0.2, -0.15) is 0 Å². The van der Waals surface area contributed by atoms with Gasteiger partial charge in [-0.3, -0.25) is 0 Å². The molecule has 12 aromatic carbocycles. The summed E-state index contributed by atoms with van der Waals surface area (Å²) in [5, 5.41) is 7.52. The van der Waals surface area contributed by atoms with Gasteiger partial charge < -0.3 is 9.47 Å². The van der Waals surface area contributed by atoms with E-state index in [2.05, 4.69) is 289 Å². The summed E-state index contributed by atoms with van der Waals surface area (Å²) in [6.07, 6.45) is 0. The molecule has 2 nitrogen and oxygen atoms in total. The predicted molar refractivity (Wildman–Crippen MR) is 298 cm³/mol. The van der Waals surface area contributed by atoms with Gasteiger partial charge in [-0.25, -0.2) is 0 Å². The van der Waals surface area contributed by atoms with Crippen LogP contribution in [-0.4, -0.2) is 4.57 Å². The lowest BCUT2D eigenvalue weighted by molar-refractivity contribution is 1.18. The van der Waals surface area contributed by atoms with Crippen LogP contribution in [0.5, 0.6) is 0 Å². The highest BCUT2D eigenvalue weighted by Gasteiger charge is 2.24. The zero-order valence-electron chi connectivity index (χ0n) is 38.5. The fourth-order valence-electron chi connectivity index (χ4n) is 10.8. The first-order valence-electron chi connectivity index (χ1n) is 24.1. The van der Waals surface area contributed by atoms with Gasteiger partial charge in [0.2, 0.25) is 0 Å². The van der Waals surface area contributed by atoms with E-state index in [-0.39, 0.29) is 0 Å². The van der Waals surface area contributed by atoms with Crippen LogP contribution in [0.1, 0.15) is 0 Å². The Balaban J connectivity index is 1.01. The Hall–Kier alpha value is -9.24. The Morgan fingerprint density at radius 3 is 1.34 bits per heavy atom. The van der Waals surface area contributed by atoms with Crippen LogP contribution in [0.3, 0.4) is 0 Å². The Labute approximate surface area is 408 Å². The Kier molecular flexibility index (Phi) is 10.2. The molecule has 13 aromatic rings. The number of nitrogens with zero attached hydrogens (tertiary/aromatic N) is 2. The molecular weight excluding hydrogens is 845 g/mol. The highest BCUT2D eigenvalue weighted by atomic mass is 15.1. The van der Waals surface area contributed by atoms with Gasteiger partial charge in [0, 0.05) is 33.3 Å². The summed E-state index contributed by atoms with van der Waals surface area (Å²) in [6, 6.07) is 102. The summed E-state index contributed by atoms with van der Waals surface area (Å²) in [5.41, 5.74) is 18.5. The molecule has 2 heteroatoms. The monoisotopic (exact) mass is 890 g/mol. The zero-order valence-corrected chi connectivity index (χ0v) is 38.5. The van der Waals surface area contributed by atoms with Crippen molar-refractivity contribution < 1.29 is 0 Å². The number of benzene rings is 12. The molecule has 0 bridgehead atoms. The van der Waals surface area contributed by atoms with Crippen molar-refractivity contribution in [3.8, 4) is 61.3 Å². The third-order valence-electron chi connectivity index (χ3n) is 14.0. The zero-order chi connectivity index (χ0) is 46.4. The molecule has 0 aliphatic rings. The maximum Gasteiger partial charge on any atom is 0.0546 e. The van der Waals surface area contributed by atoms with E-state index in [1.165, 1.54) is 87.9 Å². The lowest BCUT2D eigenvalue weighted by atomic mass is 9.87. The molecule has 328 valence electrons. The van der Waals surface area contributed by atoms with Crippen molar-refractivity contribution in [2.75, 3.05) is 4.90 Å². The standard InChI is InChI=1S/C68H46N2/c1-3-20-47(21-4-1)54-25-9-12-32-62(54)68-57(48-22-5-2-6-23-48)33-19-37-67(68)69(53-44-40-50(41-45-53)63-46-51-24-7-8-26-55(51)58-28-10-11-29-59(58)63)52-42-38-49(39-43-52)56-27-13-16-34-64(56)70-65-35-17-14-30-60(65)61-31-15-18-36-66(61)70/h1-46H. The van der Waals surface area contributed by atoms with Crippen LogP contribution in [0, 0.1) is 0 Å². The van der Waals surface area contributed by atoms with Gasteiger partial charge in [0.25, 0.3) is 0 Å². The highest BCUT2D eigenvalue weighted by molar-refractivity contribution is 6.14. The van der Waals surface area contributed by atoms with Crippen LogP contribution in [-0.2, 0) is 0 Å². The quantitative estimate of drug-likeness (QED) is 0.131. The molecule has 1 heterocycles. The molecule has 13 rings (SSSR count). The van der Waals surface area contributed by atoms with Crippen molar-refractivity contribution in [1.82, 2.24) is 4.57 Å². The predicted octanol–water partition coefficient (Wildman–Crippen LogP) is 18.9. The first-order chi connectivity index (χ1) is 34.8. The number of hydrogen-bond acceptors (Lipinski definition) is 1. The number of hydrogen-bond donors (Lipinski definition) is 0. The second-order valence-electron chi connectivity index (χ2n) is 18.0. The van der Waals surface area contributed by atoms with Gasteiger partial charge in [0.1, 0.15) is 0 Å². The summed E-state index contributed by atoms with van der Waals surface area (Å²) in [7, 11) is 0. The molecule has 0 amide bonds. The topological polar surface area (TPSA) is 8.17 Å². The van der Waals surface area contributed by atoms with E-state index in [9.17, 15) is 0 Å². The summed E-state index contributed by atoms with van der Waals surface area (Å²) < 4.78 is 2.42. The van der Waals surface area contributed by atoms with Gasteiger partial charge in [-0.15, -0.1) is 0 Å². The summed E-state index contributed by atoms with van der Waals surface area (Å²) in [4.78, 5) is 2.45. The summed E-state index contributed by atoms with van der Waals surface area (Å²) >= 11 is 0. The van der Waals surface area contributed by atoms with Crippen LogP contribution >= 0.6 is 0 Å². The molecule has 1 aromatic heterocycles. The number of fused-ring (bicyclic) bond motifs is 6. The Morgan fingerprint density at radius 1 is 0.257 bits per heavy atom. The number of rotatable bonds is 9. The van der Waals surface area contributed by atoms with E-state index < -0.39 is 0 Å². The lowest BCUT2D eigenvalue weighted by Crippen LogP contribution is -2.12. The molecule has 70 heavy (non-hydrogen) atoms. The second kappa shape index (κ2) is 17.4. The molecule has 0 spiro atoms. The normalized spacial score (nSPS) is 11.4. The van der Waals surface area contributed by atoms with Crippen LogP contribution in [0.25, 0.3) is 105 Å². The first kappa shape index (κ1) is 41.0. The van der Waals surface area contributed by atoms with E-state index in [0.29, 0.717) is 0 Å². The van der Waals surface area contributed by atoms with Gasteiger partial charge in [0.15, 0.2) is 0 Å². The third-order valence-corrected chi connectivity index (χ3v) is 14.0. The van der Waals surface area contributed by atoms with E-state index >= 15 is 0 Å². The van der Waals surface area contributed by atoms with Crippen LogP contribution in [0.15, 0.2) is 279 Å². The minimum atomic E-state index is 1.06. The average Bonchev–Trinajstić information content (AvgIpc) is 3.78. The third kappa shape index (κ3) is 7.05. The van der Waals surface area contributed by atoms with E-state index in [0.717, 1.165) is 33.9 Å². The van der Waals surface area contributed by atoms with Gasteiger partial charge in [0.05, 0.1) is 22.4 Å². The fraction of sp³-hybridized carbons (Fsp3) is 0. The molecule has 0 radical (unpaired) electrons. The minimum absolute atomic E-state index is 1.06. The van der Waals surface area contributed by atoms with Crippen molar-refractivity contribution in [1.29, 1.82) is 0 Å². The molecule has 0 unspecified atom stereocenters. The fourth-order valence-corrected chi connectivity index (χ4v) is 10.8. The van der Waals surface area contributed by atoms with E-state index in [4.69, 9.17) is 0 Å². The number of anilines is 3. The Bertz CT molecular complexity index is 3980. The lowest BCUT2D eigenvalue weighted by Gasteiger charge is -2.30. The molecular formula is C68H46N2. The summed E-state index contributed by atoms with van der Waals surface area (Å²) in [5.74, 6) is 0.